The summed E-state index contributed by atoms with van der Waals surface area (Å²) in [5.74, 6) is 1.47. The van der Waals surface area contributed by atoms with Crippen LogP contribution in [0.15, 0.2) is 12.3 Å². The maximum Gasteiger partial charge on any atom is 0.228 e. The number of aromatic nitrogens is 2. The van der Waals surface area contributed by atoms with Gasteiger partial charge in [0, 0.05) is 24.2 Å². The summed E-state index contributed by atoms with van der Waals surface area (Å²) < 4.78 is 5.88. The Morgan fingerprint density at radius 1 is 1.45 bits per heavy atom. The third-order valence-corrected chi connectivity index (χ3v) is 3.34. The number of rotatable bonds is 2. The Hall–Kier alpha value is -1.65. The average Bonchev–Trinajstić information content (AvgIpc) is 2.37. The van der Waals surface area contributed by atoms with Gasteiger partial charge in [-0.05, 0) is 19.8 Å². The lowest BCUT2D eigenvalue weighted by molar-refractivity contribution is -0.142. The smallest absolute Gasteiger partial charge is 0.228 e. The van der Waals surface area contributed by atoms with E-state index < -0.39 is 0 Å². The number of amides is 1. The normalized spacial score (nSPS) is 19.8. The monoisotopic (exact) mass is 277 g/mol. The van der Waals surface area contributed by atoms with Crippen LogP contribution in [0.2, 0.25) is 0 Å². The summed E-state index contributed by atoms with van der Waals surface area (Å²) in [6.45, 7) is 9.15. The molecule has 0 unspecified atom stereocenters. The van der Waals surface area contributed by atoms with Gasteiger partial charge in [-0.25, -0.2) is 4.98 Å². The SMILES string of the molecule is Cc1nccc(O[C@H]2CCCN(C(=O)C(C)(C)C)C2)n1. The van der Waals surface area contributed by atoms with Crippen LogP contribution >= 0.6 is 0 Å². The minimum absolute atomic E-state index is 0.0179. The highest BCUT2D eigenvalue weighted by molar-refractivity contribution is 5.81. The Morgan fingerprint density at radius 2 is 2.20 bits per heavy atom. The highest BCUT2D eigenvalue weighted by Gasteiger charge is 2.31. The Balaban J connectivity index is 1.99. The third-order valence-electron chi connectivity index (χ3n) is 3.34. The van der Waals surface area contributed by atoms with Crippen LogP contribution in [0, 0.1) is 12.3 Å². The number of aryl methyl sites for hydroxylation is 1. The largest absolute Gasteiger partial charge is 0.472 e. The molecule has 1 saturated heterocycles. The minimum atomic E-state index is -0.340. The zero-order valence-electron chi connectivity index (χ0n) is 12.7. The van der Waals surface area contributed by atoms with Crippen LogP contribution in [-0.2, 0) is 4.79 Å². The molecular formula is C15H23N3O2. The second kappa shape index (κ2) is 5.77. The van der Waals surface area contributed by atoms with Crippen molar-refractivity contribution in [2.75, 3.05) is 13.1 Å². The first-order chi connectivity index (χ1) is 9.36. The maximum absolute atomic E-state index is 12.3. The first kappa shape index (κ1) is 14.8. The van der Waals surface area contributed by atoms with Gasteiger partial charge in [0.1, 0.15) is 11.9 Å². The Morgan fingerprint density at radius 3 is 2.85 bits per heavy atom. The number of carbonyl (C=O) groups is 1. The van der Waals surface area contributed by atoms with Crippen molar-refractivity contribution in [3.63, 3.8) is 0 Å². The van der Waals surface area contributed by atoms with E-state index in [1.165, 1.54) is 0 Å². The molecule has 110 valence electrons. The number of nitrogens with zero attached hydrogens (tertiary/aromatic N) is 3. The molecule has 0 aromatic carbocycles. The van der Waals surface area contributed by atoms with E-state index in [2.05, 4.69) is 9.97 Å². The van der Waals surface area contributed by atoms with Gasteiger partial charge in [-0.2, -0.15) is 4.98 Å². The fourth-order valence-electron chi connectivity index (χ4n) is 2.36. The molecule has 0 saturated carbocycles. The van der Waals surface area contributed by atoms with Crippen molar-refractivity contribution in [3.05, 3.63) is 18.1 Å². The van der Waals surface area contributed by atoms with Crippen molar-refractivity contribution in [1.82, 2.24) is 14.9 Å². The van der Waals surface area contributed by atoms with Gasteiger partial charge in [-0.15, -0.1) is 0 Å². The number of ether oxygens (including phenoxy) is 1. The van der Waals surface area contributed by atoms with E-state index in [1.54, 1.807) is 12.3 Å². The van der Waals surface area contributed by atoms with Gasteiger partial charge < -0.3 is 9.64 Å². The van der Waals surface area contributed by atoms with E-state index in [-0.39, 0.29) is 17.4 Å². The molecule has 0 bridgehead atoms. The van der Waals surface area contributed by atoms with Crippen LogP contribution in [0.1, 0.15) is 39.4 Å². The molecule has 0 N–H and O–H groups in total. The average molecular weight is 277 g/mol. The van der Waals surface area contributed by atoms with E-state index in [4.69, 9.17) is 4.74 Å². The maximum atomic E-state index is 12.3. The van der Waals surface area contributed by atoms with E-state index in [0.29, 0.717) is 18.2 Å². The molecule has 2 rings (SSSR count). The molecule has 0 aliphatic carbocycles. The summed E-state index contributed by atoms with van der Waals surface area (Å²) in [5, 5.41) is 0. The lowest BCUT2D eigenvalue weighted by Crippen LogP contribution is -2.48. The molecule has 1 atom stereocenters. The van der Waals surface area contributed by atoms with Crippen LogP contribution in [0.25, 0.3) is 0 Å². The quantitative estimate of drug-likeness (QED) is 0.831. The zero-order chi connectivity index (χ0) is 14.8. The number of likely N-dealkylation sites (tertiary alicyclic amines) is 1. The van der Waals surface area contributed by atoms with E-state index in [9.17, 15) is 4.79 Å². The molecular weight excluding hydrogens is 254 g/mol. The van der Waals surface area contributed by atoms with Crippen LogP contribution in [-0.4, -0.2) is 40.0 Å². The molecule has 1 aliphatic heterocycles. The molecule has 20 heavy (non-hydrogen) atoms. The molecule has 1 aromatic rings. The van der Waals surface area contributed by atoms with Crippen LogP contribution in [0.4, 0.5) is 0 Å². The molecule has 2 heterocycles. The fourth-order valence-corrected chi connectivity index (χ4v) is 2.36. The van der Waals surface area contributed by atoms with Crippen molar-refractivity contribution in [2.24, 2.45) is 5.41 Å². The Bertz CT molecular complexity index is 482. The molecule has 1 amide bonds. The van der Waals surface area contributed by atoms with E-state index in [0.717, 1.165) is 19.4 Å². The lowest BCUT2D eigenvalue weighted by atomic mass is 9.93. The van der Waals surface area contributed by atoms with Crippen molar-refractivity contribution in [2.45, 2.75) is 46.6 Å². The second-order valence-electron chi connectivity index (χ2n) is 6.33. The topological polar surface area (TPSA) is 55.3 Å². The van der Waals surface area contributed by atoms with Gasteiger partial charge >= 0.3 is 0 Å². The number of hydrogen-bond donors (Lipinski definition) is 0. The standard InChI is InChI=1S/C15H23N3O2/c1-11-16-8-7-13(17-11)20-12-6-5-9-18(10-12)14(19)15(2,3)4/h7-8,12H,5-6,9-10H2,1-4H3/t12-/m0/s1. The molecule has 1 aromatic heterocycles. The van der Waals surface area contributed by atoms with Gasteiger partial charge in [-0.3, -0.25) is 4.79 Å². The van der Waals surface area contributed by atoms with Crippen molar-refractivity contribution in [1.29, 1.82) is 0 Å². The molecule has 0 radical (unpaired) electrons. The van der Waals surface area contributed by atoms with Gasteiger partial charge in [-0.1, -0.05) is 20.8 Å². The molecule has 0 spiro atoms. The number of piperidine rings is 1. The number of carbonyl (C=O) groups excluding carboxylic acids is 1. The second-order valence-corrected chi connectivity index (χ2v) is 6.33. The summed E-state index contributed by atoms with van der Waals surface area (Å²) in [7, 11) is 0. The fraction of sp³-hybridized carbons (Fsp3) is 0.667. The third kappa shape index (κ3) is 3.68. The molecule has 1 aliphatic rings. The first-order valence-electron chi connectivity index (χ1n) is 7.12. The van der Waals surface area contributed by atoms with Gasteiger partial charge in [0.15, 0.2) is 0 Å². The zero-order valence-corrected chi connectivity index (χ0v) is 12.7. The summed E-state index contributed by atoms with van der Waals surface area (Å²) >= 11 is 0. The minimum Gasteiger partial charge on any atom is -0.472 e. The lowest BCUT2D eigenvalue weighted by Gasteiger charge is -2.36. The highest BCUT2D eigenvalue weighted by atomic mass is 16.5. The summed E-state index contributed by atoms with van der Waals surface area (Å²) in [5.41, 5.74) is -0.340. The van der Waals surface area contributed by atoms with Crippen molar-refractivity contribution < 1.29 is 9.53 Å². The van der Waals surface area contributed by atoms with Crippen LogP contribution in [0.5, 0.6) is 5.88 Å². The van der Waals surface area contributed by atoms with Crippen molar-refractivity contribution >= 4 is 5.91 Å². The van der Waals surface area contributed by atoms with Crippen LogP contribution in [0.3, 0.4) is 0 Å². The number of hydrogen-bond acceptors (Lipinski definition) is 4. The molecule has 5 heteroatoms. The summed E-state index contributed by atoms with van der Waals surface area (Å²) in [4.78, 5) is 22.5. The molecule has 1 fully saturated rings. The van der Waals surface area contributed by atoms with E-state index >= 15 is 0 Å². The first-order valence-corrected chi connectivity index (χ1v) is 7.12. The van der Waals surface area contributed by atoms with Gasteiger partial charge in [0.25, 0.3) is 0 Å². The Labute approximate surface area is 120 Å². The van der Waals surface area contributed by atoms with Gasteiger partial charge in [0.05, 0.1) is 6.54 Å². The predicted molar refractivity (Wildman–Crippen MR) is 76.5 cm³/mol. The highest BCUT2D eigenvalue weighted by Crippen LogP contribution is 2.22. The van der Waals surface area contributed by atoms with E-state index in [1.807, 2.05) is 32.6 Å². The predicted octanol–water partition coefficient (Wildman–Crippen LogP) is 2.20. The summed E-state index contributed by atoms with van der Waals surface area (Å²) in [6, 6.07) is 1.76. The molecule has 5 nitrogen and oxygen atoms in total. The van der Waals surface area contributed by atoms with Gasteiger partial charge in [0.2, 0.25) is 11.8 Å². The van der Waals surface area contributed by atoms with Crippen LogP contribution < -0.4 is 4.74 Å². The summed E-state index contributed by atoms with van der Waals surface area (Å²) in [6.07, 6.45) is 3.64. The Kier molecular flexibility index (Phi) is 4.26. The van der Waals surface area contributed by atoms with Crippen molar-refractivity contribution in [3.8, 4) is 5.88 Å².